The number of fused-ring (bicyclic) bond motifs is 1. The third kappa shape index (κ3) is 0.978. The molecule has 0 aliphatic rings. The van der Waals surface area contributed by atoms with Gasteiger partial charge in [-0.3, -0.25) is 0 Å². The smallest absolute Gasteiger partial charge is 0.135 e. The van der Waals surface area contributed by atoms with E-state index in [1.54, 1.807) is 12.5 Å². The maximum Gasteiger partial charge on any atom is 0.135 e. The summed E-state index contributed by atoms with van der Waals surface area (Å²) in [4.78, 5) is 0. The second-order valence-corrected chi connectivity index (χ2v) is 3.09. The molecule has 2 aromatic heterocycles. The second kappa shape index (κ2) is 2.59. The molecule has 2 heterocycles. The van der Waals surface area contributed by atoms with Crippen molar-refractivity contribution in [2.75, 3.05) is 0 Å². The highest BCUT2D eigenvalue weighted by molar-refractivity contribution is 5.79. The number of nitrogens with zero attached hydrogens (tertiary/aromatic N) is 2. The highest BCUT2D eigenvalue weighted by Crippen LogP contribution is 2.24. The van der Waals surface area contributed by atoms with E-state index in [9.17, 15) is 0 Å². The third-order valence-corrected chi connectivity index (χ3v) is 1.82. The molecule has 0 fully saturated rings. The van der Waals surface area contributed by atoms with Crippen LogP contribution < -0.4 is 0 Å². The quantitative estimate of drug-likeness (QED) is 0.646. The van der Waals surface area contributed by atoms with E-state index in [1.807, 2.05) is 6.07 Å². The Morgan fingerprint density at radius 3 is 3.00 bits per heavy atom. The second-order valence-electron chi connectivity index (χ2n) is 3.09. The van der Waals surface area contributed by atoms with Gasteiger partial charge in [-0.2, -0.15) is 5.10 Å². The Morgan fingerprint density at radius 1 is 1.42 bits per heavy atom. The fourth-order valence-corrected chi connectivity index (χ4v) is 1.22. The van der Waals surface area contributed by atoms with Crippen molar-refractivity contribution in [3.8, 4) is 0 Å². The lowest BCUT2D eigenvalue weighted by molar-refractivity contribution is 0.491. The van der Waals surface area contributed by atoms with Crippen molar-refractivity contribution < 1.29 is 4.42 Å². The van der Waals surface area contributed by atoms with Crippen LogP contribution in [-0.4, -0.2) is 10.2 Å². The van der Waals surface area contributed by atoms with Crippen LogP contribution in [0.1, 0.15) is 25.5 Å². The zero-order valence-corrected chi connectivity index (χ0v) is 7.11. The summed E-state index contributed by atoms with van der Waals surface area (Å²) in [5, 5.41) is 8.86. The van der Waals surface area contributed by atoms with E-state index in [0.29, 0.717) is 5.92 Å². The van der Waals surface area contributed by atoms with Gasteiger partial charge in [-0.25, -0.2) is 0 Å². The first-order valence-electron chi connectivity index (χ1n) is 3.98. The molecule has 0 unspecified atom stereocenters. The Bertz CT molecular complexity index is 392. The van der Waals surface area contributed by atoms with E-state index in [1.165, 1.54) is 0 Å². The average molecular weight is 162 g/mol. The highest BCUT2D eigenvalue weighted by atomic mass is 16.3. The standard InChI is InChI=1S/C9H10N2O/c1-6(2)9-8-7(5-12-9)3-4-10-11-8/h3-6H,1-2H3. The molecule has 3 heteroatoms. The topological polar surface area (TPSA) is 38.9 Å². The van der Waals surface area contributed by atoms with Crippen LogP contribution in [0.2, 0.25) is 0 Å². The third-order valence-electron chi connectivity index (χ3n) is 1.82. The molecule has 0 atom stereocenters. The Kier molecular flexibility index (Phi) is 1.57. The van der Waals surface area contributed by atoms with Gasteiger partial charge in [0, 0.05) is 11.3 Å². The number of hydrogen-bond acceptors (Lipinski definition) is 3. The molecule has 0 aromatic carbocycles. The normalized spacial score (nSPS) is 11.2. The summed E-state index contributed by atoms with van der Waals surface area (Å²) in [6, 6.07) is 1.90. The summed E-state index contributed by atoms with van der Waals surface area (Å²) >= 11 is 0. The van der Waals surface area contributed by atoms with E-state index in [0.717, 1.165) is 16.7 Å². The van der Waals surface area contributed by atoms with Gasteiger partial charge in [0.2, 0.25) is 0 Å². The van der Waals surface area contributed by atoms with Gasteiger partial charge in [0.05, 0.1) is 6.20 Å². The van der Waals surface area contributed by atoms with Gasteiger partial charge in [-0.1, -0.05) is 13.8 Å². The maximum atomic E-state index is 5.37. The Labute approximate surface area is 70.4 Å². The maximum absolute atomic E-state index is 5.37. The van der Waals surface area contributed by atoms with Crippen LogP contribution in [0.3, 0.4) is 0 Å². The molecule has 0 radical (unpaired) electrons. The number of furan rings is 1. The van der Waals surface area contributed by atoms with Crippen molar-refractivity contribution in [3.63, 3.8) is 0 Å². The van der Waals surface area contributed by atoms with E-state index in [2.05, 4.69) is 24.0 Å². The molecule has 2 aromatic rings. The summed E-state index contributed by atoms with van der Waals surface area (Å²) in [5.41, 5.74) is 0.882. The van der Waals surface area contributed by atoms with E-state index < -0.39 is 0 Å². The lowest BCUT2D eigenvalue weighted by atomic mass is 10.1. The predicted octanol–water partition coefficient (Wildman–Crippen LogP) is 2.35. The highest BCUT2D eigenvalue weighted by Gasteiger charge is 2.10. The zero-order valence-electron chi connectivity index (χ0n) is 7.11. The first kappa shape index (κ1) is 7.28. The first-order chi connectivity index (χ1) is 5.79. The van der Waals surface area contributed by atoms with E-state index >= 15 is 0 Å². The van der Waals surface area contributed by atoms with Gasteiger partial charge in [0.1, 0.15) is 17.5 Å². The summed E-state index contributed by atoms with van der Waals surface area (Å²) in [6.07, 6.45) is 3.39. The summed E-state index contributed by atoms with van der Waals surface area (Å²) < 4.78 is 5.37. The fourth-order valence-electron chi connectivity index (χ4n) is 1.22. The first-order valence-corrected chi connectivity index (χ1v) is 3.98. The molecule has 0 aliphatic heterocycles. The molecule has 0 saturated carbocycles. The zero-order chi connectivity index (χ0) is 8.55. The van der Waals surface area contributed by atoms with Gasteiger partial charge in [0.15, 0.2) is 0 Å². The Balaban J connectivity index is 2.70. The summed E-state index contributed by atoms with van der Waals surface area (Å²) in [7, 11) is 0. The minimum absolute atomic E-state index is 0.360. The number of aromatic nitrogens is 2. The number of rotatable bonds is 1. The molecule has 3 nitrogen and oxygen atoms in total. The average Bonchev–Trinajstić information content (AvgIpc) is 2.47. The lowest BCUT2D eigenvalue weighted by Crippen LogP contribution is -1.87. The molecular formula is C9H10N2O. The molecule has 0 saturated heterocycles. The molecule has 0 bridgehead atoms. The summed E-state index contributed by atoms with van der Waals surface area (Å²) in [6.45, 7) is 4.15. The van der Waals surface area contributed by atoms with Crippen LogP contribution in [0.4, 0.5) is 0 Å². The fraction of sp³-hybridized carbons (Fsp3) is 0.333. The Hall–Kier alpha value is -1.38. The molecule has 0 spiro atoms. The summed E-state index contributed by atoms with van der Waals surface area (Å²) in [5.74, 6) is 1.28. The predicted molar refractivity (Wildman–Crippen MR) is 45.9 cm³/mol. The number of hydrogen-bond donors (Lipinski definition) is 0. The van der Waals surface area contributed by atoms with Gasteiger partial charge in [-0.05, 0) is 6.07 Å². The van der Waals surface area contributed by atoms with Crippen molar-refractivity contribution in [3.05, 3.63) is 24.3 Å². The largest absolute Gasteiger partial charge is 0.466 e. The molecule has 0 N–H and O–H groups in total. The molecule has 12 heavy (non-hydrogen) atoms. The van der Waals surface area contributed by atoms with Gasteiger partial charge in [0.25, 0.3) is 0 Å². The van der Waals surface area contributed by atoms with Crippen LogP contribution in [0, 0.1) is 0 Å². The Morgan fingerprint density at radius 2 is 2.25 bits per heavy atom. The minimum atomic E-state index is 0.360. The van der Waals surface area contributed by atoms with Crippen molar-refractivity contribution in [1.29, 1.82) is 0 Å². The lowest BCUT2D eigenvalue weighted by Gasteiger charge is -1.97. The molecule has 0 amide bonds. The SMILES string of the molecule is CC(C)c1occ2ccnnc12. The molecular weight excluding hydrogens is 152 g/mol. The van der Waals surface area contributed by atoms with Crippen molar-refractivity contribution in [2.45, 2.75) is 19.8 Å². The van der Waals surface area contributed by atoms with Crippen LogP contribution >= 0.6 is 0 Å². The van der Waals surface area contributed by atoms with Crippen LogP contribution in [0.15, 0.2) is 22.9 Å². The van der Waals surface area contributed by atoms with Crippen molar-refractivity contribution >= 4 is 10.9 Å². The monoisotopic (exact) mass is 162 g/mol. The molecule has 62 valence electrons. The van der Waals surface area contributed by atoms with Crippen LogP contribution in [0.25, 0.3) is 10.9 Å². The van der Waals surface area contributed by atoms with Crippen LogP contribution in [-0.2, 0) is 0 Å². The van der Waals surface area contributed by atoms with Crippen molar-refractivity contribution in [2.24, 2.45) is 0 Å². The van der Waals surface area contributed by atoms with E-state index in [4.69, 9.17) is 4.42 Å². The van der Waals surface area contributed by atoms with Gasteiger partial charge in [-0.15, -0.1) is 5.10 Å². The molecule has 0 aliphatic carbocycles. The van der Waals surface area contributed by atoms with E-state index in [-0.39, 0.29) is 0 Å². The molecule has 2 rings (SSSR count). The van der Waals surface area contributed by atoms with Crippen LogP contribution in [0.5, 0.6) is 0 Å². The van der Waals surface area contributed by atoms with Gasteiger partial charge < -0.3 is 4.42 Å². The van der Waals surface area contributed by atoms with Gasteiger partial charge >= 0.3 is 0 Å². The minimum Gasteiger partial charge on any atom is -0.466 e. The van der Waals surface area contributed by atoms with Crippen molar-refractivity contribution in [1.82, 2.24) is 10.2 Å².